The summed E-state index contributed by atoms with van der Waals surface area (Å²) in [7, 11) is 1.52. The van der Waals surface area contributed by atoms with Crippen molar-refractivity contribution in [1.82, 2.24) is 20.0 Å². The third kappa shape index (κ3) is 2.93. The molecule has 2 aromatic rings. The first-order chi connectivity index (χ1) is 10.3. The van der Waals surface area contributed by atoms with Crippen LogP contribution in [0.5, 0.6) is 11.8 Å². The summed E-state index contributed by atoms with van der Waals surface area (Å²) in [5.74, 6) is 0.820. The number of hydrogen-bond acceptors (Lipinski definition) is 7. The number of methoxy groups -OCH3 is 1. The minimum absolute atomic E-state index is 0.127. The number of likely N-dealkylation sites (tertiary alicyclic amines) is 1. The van der Waals surface area contributed by atoms with Gasteiger partial charge in [0.25, 0.3) is 5.91 Å². The Balaban J connectivity index is 1.60. The number of rotatable bonds is 4. The topological polar surface area (TPSA) is 90.6 Å². The molecule has 0 N–H and O–H groups in total. The fourth-order valence-corrected chi connectivity index (χ4v) is 2.15. The summed E-state index contributed by atoms with van der Waals surface area (Å²) in [6.45, 7) is 1.07. The van der Waals surface area contributed by atoms with Crippen LogP contribution in [0, 0.1) is 0 Å². The van der Waals surface area contributed by atoms with Crippen LogP contribution in [0.4, 0.5) is 0 Å². The first kappa shape index (κ1) is 13.3. The van der Waals surface area contributed by atoms with Gasteiger partial charge in [-0.3, -0.25) is 9.78 Å². The van der Waals surface area contributed by atoms with Crippen LogP contribution in [-0.4, -0.2) is 52.2 Å². The Hall–Kier alpha value is -2.64. The second-order valence-corrected chi connectivity index (χ2v) is 4.56. The van der Waals surface area contributed by atoms with Crippen molar-refractivity contribution in [3.63, 3.8) is 0 Å². The molecule has 1 unspecified atom stereocenters. The van der Waals surface area contributed by atoms with E-state index in [0.717, 1.165) is 6.42 Å². The van der Waals surface area contributed by atoms with Crippen molar-refractivity contribution in [1.29, 1.82) is 0 Å². The van der Waals surface area contributed by atoms with Crippen molar-refractivity contribution in [2.24, 2.45) is 0 Å². The summed E-state index contributed by atoms with van der Waals surface area (Å²) in [5.41, 5.74) is 0. The molecule has 1 aliphatic rings. The molecule has 0 aromatic carbocycles. The second kappa shape index (κ2) is 5.78. The van der Waals surface area contributed by atoms with Crippen LogP contribution in [-0.2, 0) is 0 Å². The average molecular weight is 290 g/mol. The highest BCUT2D eigenvalue weighted by Gasteiger charge is 2.30. The Kier molecular flexibility index (Phi) is 3.67. The van der Waals surface area contributed by atoms with E-state index in [-0.39, 0.29) is 17.8 Å². The van der Waals surface area contributed by atoms with E-state index >= 15 is 0 Å². The number of nitrogens with zero attached hydrogens (tertiary/aromatic N) is 4. The first-order valence-electron chi connectivity index (χ1n) is 6.49. The maximum atomic E-state index is 12.1. The Labute approximate surface area is 120 Å². The summed E-state index contributed by atoms with van der Waals surface area (Å²) in [4.78, 5) is 21.9. The van der Waals surface area contributed by atoms with Crippen LogP contribution in [0.1, 0.15) is 17.0 Å². The smallest absolute Gasteiger partial charge is 0.292 e. The molecule has 0 radical (unpaired) electrons. The third-order valence-corrected chi connectivity index (χ3v) is 3.17. The van der Waals surface area contributed by atoms with Gasteiger partial charge in [0.15, 0.2) is 0 Å². The van der Waals surface area contributed by atoms with E-state index in [4.69, 9.17) is 14.0 Å². The van der Waals surface area contributed by atoms with Gasteiger partial charge in [0.2, 0.25) is 17.5 Å². The highest BCUT2D eigenvalue weighted by Crippen LogP contribution is 2.19. The largest absolute Gasteiger partial charge is 0.480 e. The van der Waals surface area contributed by atoms with Gasteiger partial charge in [-0.15, -0.1) is 0 Å². The van der Waals surface area contributed by atoms with Crippen LogP contribution in [0.3, 0.4) is 0 Å². The molecule has 0 aliphatic carbocycles. The SMILES string of the molecule is COc1cncc(OC2CCN(C(=O)c3ccno3)C2)n1. The average Bonchev–Trinajstić information content (AvgIpc) is 3.18. The molecular weight excluding hydrogens is 276 g/mol. The molecule has 1 amide bonds. The normalized spacial score (nSPS) is 17.8. The molecule has 1 atom stereocenters. The Morgan fingerprint density at radius 3 is 3.05 bits per heavy atom. The summed E-state index contributed by atoms with van der Waals surface area (Å²) in [6.07, 6.45) is 5.06. The predicted octanol–water partition coefficient (Wildman–Crippen LogP) is 0.767. The molecule has 8 nitrogen and oxygen atoms in total. The van der Waals surface area contributed by atoms with Gasteiger partial charge in [0, 0.05) is 19.0 Å². The van der Waals surface area contributed by atoms with Gasteiger partial charge >= 0.3 is 0 Å². The van der Waals surface area contributed by atoms with E-state index in [0.29, 0.717) is 24.8 Å². The van der Waals surface area contributed by atoms with E-state index in [9.17, 15) is 4.79 Å². The minimum atomic E-state index is -0.185. The van der Waals surface area contributed by atoms with Crippen molar-refractivity contribution in [2.45, 2.75) is 12.5 Å². The fourth-order valence-electron chi connectivity index (χ4n) is 2.15. The molecule has 2 aromatic heterocycles. The zero-order chi connectivity index (χ0) is 14.7. The highest BCUT2D eigenvalue weighted by molar-refractivity contribution is 5.91. The van der Waals surface area contributed by atoms with Gasteiger partial charge in [-0.2, -0.15) is 4.98 Å². The van der Waals surface area contributed by atoms with Gasteiger partial charge < -0.3 is 18.9 Å². The van der Waals surface area contributed by atoms with E-state index in [1.54, 1.807) is 11.0 Å². The lowest BCUT2D eigenvalue weighted by atomic mass is 10.3. The van der Waals surface area contributed by atoms with Crippen LogP contribution in [0.15, 0.2) is 29.2 Å². The Bertz CT molecular complexity index is 616. The lowest BCUT2D eigenvalue weighted by Gasteiger charge is -2.15. The number of ether oxygens (including phenoxy) is 2. The Morgan fingerprint density at radius 2 is 2.29 bits per heavy atom. The van der Waals surface area contributed by atoms with E-state index in [1.165, 1.54) is 25.7 Å². The number of carbonyl (C=O) groups is 1. The summed E-state index contributed by atoms with van der Waals surface area (Å²) >= 11 is 0. The van der Waals surface area contributed by atoms with Gasteiger partial charge in [-0.05, 0) is 0 Å². The van der Waals surface area contributed by atoms with Gasteiger partial charge in [-0.25, -0.2) is 0 Å². The number of hydrogen-bond donors (Lipinski definition) is 0. The summed E-state index contributed by atoms with van der Waals surface area (Å²) < 4.78 is 15.6. The van der Waals surface area contributed by atoms with Crippen LogP contribution in [0.2, 0.25) is 0 Å². The van der Waals surface area contributed by atoms with Gasteiger partial charge in [0.1, 0.15) is 6.10 Å². The van der Waals surface area contributed by atoms with Crippen LogP contribution in [0.25, 0.3) is 0 Å². The zero-order valence-corrected chi connectivity index (χ0v) is 11.4. The second-order valence-electron chi connectivity index (χ2n) is 4.56. The van der Waals surface area contributed by atoms with Gasteiger partial charge in [0.05, 0.1) is 32.2 Å². The van der Waals surface area contributed by atoms with E-state index in [1.807, 2.05) is 0 Å². The molecule has 1 aliphatic heterocycles. The molecule has 8 heteroatoms. The van der Waals surface area contributed by atoms with Crippen molar-refractivity contribution in [3.05, 3.63) is 30.4 Å². The van der Waals surface area contributed by atoms with Gasteiger partial charge in [-0.1, -0.05) is 5.16 Å². The lowest BCUT2D eigenvalue weighted by Crippen LogP contribution is -2.30. The molecular formula is C13H14N4O4. The predicted molar refractivity (Wildman–Crippen MR) is 70.0 cm³/mol. The zero-order valence-electron chi connectivity index (χ0n) is 11.4. The highest BCUT2D eigenvalue weighted by atomic mass is 16.5. The molecule has 3 heterocycles. The fraction of sp³-hybridized carbons (Fsp3) is 0.385. The molecule has 0 spiro atoms. The lowest BCUT2D eigenvalue weighted by molar-refractivity contribution is 0.0729. The van der Waals surface area contributed by atoms with Crippen molar-refractivity contribution in [2.75, 3.05) is 20.2 Å². The molecule has 110 valence electrons. The maximum absolute atomic E-state index is 12.1. The molecule has 0 saturated carbocycles. The van der Waals surface area contributed by atoms with Crippen molar-refractivity contribution >= 4 is 5.91 Å². The quantitative estimate of drug-likeness (QED) is 0.821. The molecule has 3 rings (SSSR count). The molecule has 1 saturated heterocycles. The summed E-state index contributed by atoms with van der Waals surface area (Å²) in [5, 5.41) is 3.53. The first-order valence-corrected chi connectivity index (χ1v) is 6.49. The van der Waals surface area contributed by atoms with E-state index < -0.39 is 0 Å². The van der Waals surface area contributed by atoms with Crippen LogP contribution < -0.4 is 9.47 Å². The van der Waals surface area contributed by atoms with Crippen molar-refractivity contribution < 1.29 is 18.8 Å². The monoisotopic (exact) mass is 290 g/mol. The molecule has 0 bridgehead atoms. The number of aromatic nitrogens is 3. The minimum Gasteiger partial charge on any atom is -0.480 e. The third-order valence-electron chi connectivity index (χ3n) is 3.17. The standard InChI is InChI=1S/C13H14N4O4/c1-19-11-6-14-7-12(16-11)20-9-3-5-17(8-9)13(18)10-2-4-15-21-10/h2,4,6-7,9H,3,5,8H2,1H3. The maximum Gasteiger partial charge on any atom is 0.292 e. The van der Waals surface area contributed by atoms with E-state index in [2.05, 4.69) is 15.1 Å². The van der Waals surface area contributed by atoms with Crippen molar-refractivity contribution in [3.8, 4) is 11.8 Å². The Morgan fingerprint density at radius 1 is 1.43 bits per heavy atom. The molecule has 21 heavy (non-hydrogen) atoms. The molecule has 1 fully saturated rings. The van der Waals surface area contributed by atoms with Crippen LogP contribution >= 0.6 is 0 Å². The summed E-state index contributed by atoms with van der Waals surface area (Å²) in [6, 6.07) is 1.55. The number of amides is 1. The number of carbonyl (C=O) groups excluding carboxylic acids is 1.